The van der Waals surface area contributed by atoms with Crippen molar-refractivity contribution in [3.8, 4) is 11.5 Å². The van der Waals surface area contributed by atoms with Crippen LogP contribution < -0.4 is 9.47 Å². The number of non-ortho nitro benzene ring substituents is 2. The highest BCUT2D eigenvalue weighted by Crippen LogP contribution is 2.18. The lowest BCUT2D eigenvalue weighted by Crippen LogP contribution is -2.15. The molecule has 0 bridgehead atoms. The molecule has 164 valence electrons. The molecule has 0 aliphatic heterocycles. The Balaban J connectivity index is 0.000000303. The van der Waals surface area contributed by atoms with Gasteiger partial charge >= 0.3 is 0 Å². The van der Waals surface area contributed by atoms with Crippen molar-refractivity contribution in [3.05, 3.63) is 68.8 Å². The molecule has 2 aromatic rings. The van der Waals surface area contributed by atoms with Crippen LogP contribution in [0.15, 0.2) is 48.5 Å². The standard InChI is InChI=1S/C11H16N2O3.C9H10ClNO3/c1-12(2)8-3-9-16-11-6-4-10(5-7-11)13(14)15;10-6-1-7-14-9-4-2-8(3-5-9)11(12)13/h4-7H,3,8-9H2,1-2H3;2-5H,1,6-7H2. The monoisotopic (exact) mass is 439 g/mol. The smallest absolute Gasteiger partial charge is 0.269 e. The first kappa shape index (κ1) is 25.1. The van der Waals surface area contributed by atoms with Crippen molar-refractivity contribution in [2.75, 3.05) is 39.7 Å². The van der Waals surface area contributed by atoms with Crippen LogP contribution in [0.2, 0.25) is 0 Å². The number of benzene rings is 2. The lowest BCUT2D eigenvalue weighted by molar-refractivity contribution is -0.385. The minimum Gasteiger partial charge on any atom is -0.494 e. The molecule has 0 spiro atoms. The van der Waals surface area contributed by atoms with Crippen LogP contribution in [0.1, 0.15) is 12.8 Å². The summed E-state index contributed by atoms with van der Waals surface area (Å²) >= 11 is 5.47. The normalized spacial score (nSPS) is 10.1. The van der Waals surface area contributed by atoms with Crippen LogP contribution in [0.3, 0.4) is 0 Å². The highest BCUT2D eigenvalue weighted by atomic mass is 35.5. The van der Waals surface area contributed by atoms with E-state index in [1.165, 1.54) is 24.3 Å². The fourth-order valence-corrected chi connectivity index (χ4v) is 2.25. The third-order valence-electron chi connectivity index (χ3n) is 3.66. The molecule has 0 unspecified atom stereocenters. The Kier molecular flexibility index (Phi) is 11.8. The maximum absolute atomic E-state index is 10.4. The van der Waals surface area contributed by atoms with Crippen LogP contribution in [0, 0.1) is 20.2 Å². The molecular formula is C20H26ClN3O6. The second-order valence-electron chi connectivity index (χ2n) is 6.40. The molecule has 9 nitrogen and oxygen atoms in total. The van der Waals surface area contributed by atoms with E-state index in [1.807, 2.05) is 14.1 Å². The summed E-state index contributed by atoms with van der Waals surface area (Å²) in [7, 11) is 4.01. The number of nitro groups is 2. The van der Waals surface area contributed by atoms with Crippen LogP contribution in [-0.4, -0.2) is 54.5 Å². The van der Waals surface area contributed by atoms with Crippen molar-refractivity contribution < 1.29 is 19.3 Å². The van der Waals surface area contributed by atoms with Gasteiger partial charge in [0.25, 0.3) is 11.4 Å². The number of nitrogens with zero attached hydrogens (tertiary/aromatic N) is 3. The molecular weight excluding hydrogens is 414 g/mol. The second kappa shape index (κ2) is 14.1. The average molecular weight is 440 g/mol. The van der Waals surface area contributed by atoms with Gasteiger partial charge in [-0.25, -0.2) is 0 Å². The molecule has 0 saturated carbocycles. The van der Waals surface area contributed by atoms with Crippen LogP contribution >= 0.6 is 11.6 Å². The van der Waals surface area contributed by atoms with E-state index in [0.717, 1.165) is 19.4 Å². The summed E-state index contributed by atoms with van der Waals surface area (Å²) in [5.74, 6) is 1.84. The van der Waals surface area contributed by atoms with E-state index in [0.29, 0.717) is 30.6 Å². The molecule has 0 saturated heterocycles. The molecule has 2 aromatic carbocycles. The van der Waals surface area contributed by atoms with Gasteiger partial charge in [0, 0.05) is 36.7 Å². The first-order valence-corrected chi connectivity index (χ1v) is 9.82. The lowest BCUT2D eigenvalue weighted by Gasteiger charge is -2.10. The van der Waals surface area contributed by atoms with Crippen LogP contribution in [0.5, 0.6) is 11.5 Å². The highest BCUT2D eigenvalue weighted by molar-refractivity contribution is 6.17. The van der Waals surface area contributed by atoms with Crippen molar-refractivity contribution in [2.45, 2.75) is 12.8 Å². The van der Waals surface area contributed by atoms with E-state index in [2.05, 4.69) is 4.90 Å². The molecule has 0 fully saturated rings. The number of rotatable bonds is 11. The Morgan fingerprint density at radius 2 is 1.20 bits per heavy atom. The van der Waals surface area contributed by atoms with Gasteiger partial charge in [0.05, 0.1) is 23.1 Å². The highest BCUT2D eigenvalue weighted by Gasteiger charge is 2.04. The van der Waals surface area contributed by atoms with Gasteiger partial charge in [-0.3, -0.25) is 20.2 Å². The summed E-state index contributed by atoms with van der Waals surface area (Å²) in [6.45, 7) is 2.12. The largest absolute Gasteiger partial charge is 0.494 e. The zero-order chi connectivity index (χ0) is 22.4. The SMILES string of the molecule is CN(C)CCCOc1ccc([N+](=O)[O-])cc1.O=[N+]([O-])c1ccc(OCCCCl)cc1. The van der Waals surface area contributed by atoms with Gasteiger partial charge in [0.1, 0.15) is 11.5 Å². The first-order valence-electron chi connectivity index (χ1n) is 9.28. The van der Waals surface area contributed by atoms with Gasteiger partial charge in [-0.15, -0.1) is 11.6 Å². The summed E-state index contributed by atoms with van der Waals surface area (Å²) in [6, 6.07) is 12.1. The van der Waals surface area contributed by atoms with Gasteiger partial charge in [0.15, 0.2) is 0 Å². The number of alkyl halides is 1. The fraction of sp³-hybridized carbons (Fsp3) is 0.400. The number of hydrogen-bond acceptors (Lipinski definition) is 7. The molecule has 0 radical (unpaired) electrons. The Labute approximate surface area is 180 Å². The zero-order valence-corrected chi connectivity index (χ0v) is 17.8. The second-order valence-corrected chi connectivity index (χ2v) is 6.78. The molecule has 0 aliphatic carbocycles. The third-order valence-corrected chi connectivity index (χ3v) is 3.93. The number of halogens is 1. The van der Waals surface area contributed by atoms with Crippen LogP contribution in [0.4, 0.5) is 11.4 Å². The number of hydrogen-bond donors (Lipinski definition) is 0. The summed E-state index contributed by atoms with van der Waals surface area (Å²) in [6.07, 6.45) is 1.70. The van der Waals surface area contributed by atoms with Crippen molar-refractivity contribution >= 4 is 23.0 Å². The number of nitro benzene ring substituents is 2. The molecule has 10 heteroatoms. The van der Waals surface area contributed by atoms with Gasteiger partial charge in [-0.1, -0.05) is 0 Å². The molecule has 30 heavy (non-hydrogen) atoms. The minimum atomic E-state index is -0.442. The van der Waals surface area contributed by atoms with E-state index in [9.17, 15) is 20.2 Å². The van der Waals surface area contributed by atoms with E-state index in [4.69, 9.17) is 21.1 Å². The maximum atomic E-state index is 10.4. The Morgan fingerprint density at radius 3 is 1.53 bits per heavy atom. The summed E-state index contributed by atoms with van der Waals surface area (Å²) in [5.41, 5.74) is 0.148. The molecule has 2 rings (SSSR count). The zero-order valence-electron chi connectivity index (χ0n) is 17.0. The molecule has 0 heterocycles. The summed E-state index contributed by atoms with van der Waals surface area (Å²) in [4.78, 5) is 21.9. The Morgan fingerprint density at radius 1 is 0.800 bits per heavy atom. The fourth-order valence-electron chi connectivity index (χ4n) is 2.14. The lowest BCUT2D eigenvalue weighted by atomic mass is 10.3. The van der Waals surface area contributed by atoms with Gasteiger partial charge in [-0.2, -0.15) is 0 Å². The van der Waals surface area contributed by atoms with E-state index in [1.54, 1.807) is 24.3 Å². The van der Waals surface area contributed by atoms with E-state index in [-0.39, 0.29) is 11.4 Å². The van der Waals surface area contributed by atoms with Crippen LogP contribution in [0.25, 0.3) is 0 Å². The number of ether oxygens (including phenoxy) is 2. The molecule has 0 N–H and O–H groups in total. The topological polar surface area (TPSA) is 108 Å². The van der Waals surface area contributed by atoms with Gasteiger partial charge in [0.2, 0.25) is 0 Å². The first-order chi connectivity index (χ1) is 14.3. The van der Waals surface area contributed by atoms with Crippen molar-refractivity contribution in [3.63, 3.8) is 0 Å². The minimum absolute atomic E-state index is 0.0645. The third kappa shape index (κ3) is 10.6. The Hall–Kier alpha value is -2.91. The molecule has 0 aliphatic rings. The summed E-state index contributed by atoms with van der Waals surface area (Å²) < 4.78 is 10.7. The predicted molar refractivity (Wildman–Crippen MR) is 116 cm³/mol. The predicted octanol–water partition coefficient (Wildman–Crippen LogP) is 4.53. The molecule has 0 aromatic heterocycles. The Bertz CT molecular complexity index is 769. The van der Waals surface area contributed by atoms with Crippen LogP contribution in [-0.2, 0) is 0 Å². The van der Waals surface area contributed by atoms with Crippen molar-refractivity contribution in [2.24, 2.45) is 0 Å². The van der Waals surface area contributed by atoms with E-state index < -0.39 is 9.85 Å². The molecule has 0 amide bonds. The van der Waals surface area contributed by atoms with E-state index >= 15 is 0 Å². The van der Waals surface area contributed by atoms with Gasteiger partial charge < -0.3 is 14.4 Å². The quantitative estimate of drug-likeness (QED) is 0.219. The van der Waals surface area contributed by atoms with Gasteiger partial charge in [-0.05, 0) is 51.2 Å². The summed E-state index contributed by atoms with van der Waals surface area (Å²) in [5, 5.41) is 20.7. The average Bonchev–Trinajstić information content (AvgIpc) is 2.72. The van der Waals surface area contributed by atoms with Crippen molar-refractivity contribution in [1.29, 1.82) is 0 Å². The maximum Gasteiger partial charge on any atom is 0.269 e. The molecule has 0 atom stereocenters. The van der Waals surface area contributed by atoms with Crippen molar-refractivity contribution in [1.82, 2.24) is 4.90 Å².